The second-order valence-corrected chi connectivity index (χ2v) is 14.7. The Hall–Kier alpha value is -6.94. The zero-order chi connectivity index (χ0) is 49.9. The highest BCUT2D eigenvalue weighted by atomic mass is 19.2. The van der Waals surface area contributed by atoms with Gasteiger partial charge in [0.2, 0.25) is 5.78 Å². The summed E-state index contributed by atoms with van der Waals surface area (Å²) < 4.78 is 296. The van der Waals surface area contributed by atoms with Gasteiger partial charge in [-0.2, -0.15) is 4.57 Å². The quantitative estimate of drug-likeness (QED) is 0.0372. The average Bonchev–Trinajstić information content (AvgIpc) is 3.31. The number of rotatable bonds is 8. The standard InChI is InChI=1S/C24BF20.C20H20NO/c26-5-1(6(27)14(35)21(42)13(5)34)25(2-7(28)15(36)22(43)16(37)8(2)29,3-9(30)17(38)23(44)18(39)10(3)31)4-11(32)19(40)24(45)20(41)12(4)33;1-15(2)20(22)19-18-11-7-6-10-17(18)12-13-21(19)14-16-8-4-3-5-9-16/h;3-13,15H,14H2,1-2H3/q-1;+1. The van der Waals surface area contributed by atoms with Crippen LogP contribution < -0.4 is 26.4 Å². The monoisotopic (exact) mass is 969 g/mol. The molecule has 0 aliphatic carbocycles. The van der Waals surface area contributed by atoms with Crippen molar-refractivity contribution < 1.29 is 97.2 Å². The summed E-state index contributed by atoms with van der Waals surface area (Å²) in [5.74, 6) is -71.2. The molecule has 0 atom stereocenters. The minimum Gasteiger partial charge on any atom is -0.287 e. The topological polar surface area (TPSA) is 20.9 Å². The van der Waals surface area contributed by atoms with Crippen LogP contribution in [0.1, 0.15) is 29.9 Å². The average molecular weight is 969 g/mol. The Morgan fingerprint density at radius 1 is 0.403 bits per heavy atom. The predicted octanol–water partition coefficient (Wildman–Crippen LogP) is 9.86. The van der Waals surface area contributed by atoms with Gasteiger partial charge in [-0.3, -0.25) is 4.79 Å². The first kappa shape index (κ1) is 49.5. The van der Waals surface area contributed by atoms with Crippen molar-refractivity contribution in [1.82, 2.24) is 0 Å². The summed E-state index contributed by atoms with van der Waals surface area (Å²) in [5, 5.41) is 2.13. The van der Waals surface area contributed by atoms with E-state index in [2.05, 4.69) is 28.8 Å². The van der Waals surface area contributed by atoms with E-state index in [0.717, 1.165) is 16.5 Å². The Balaban J connectivity index is 0.000000279. The molecule has 2 nitrogen and oxygen atoms in total. The highest BCUT2D eigenvalue weighted by Gasteiger charge is 2.52. The molecule has 67 heavy (non-hydrogen) atoms. The molecule has 23 heteroatoms. The molecular formula is C44H20BF20NO. The predicted molar refractivity (Wildman–Crippen MR) is 198 cm³/mol. The summed E-state index contributed by atoms with van der Waals surface area (Å²) in [7, 11) is 0. The first-order valence-electron chi connectivity index (χ1n) is 18.6. The maximum Gasteiger partial charge on any atom is 0.257 e. The van der Waals surface area contributed by atoms with Gasteiger partial charge in [-0.05, 0) is 11.5 Å². The van der Waals surface area contributed by atoms with Crippen molar-refractivity contribution in [2.24, 2.45) is 5.92 Å². The third kappa shape index (κ3) is 7.80. The van der Waals surface area contributed by atoms with E-state index < -0.39 is 144 Å². The number of halogens is 20. The molecular weight excluding hydrogens is 949 g/mol. The zero-order valence-corrected chi connectivity index (χ0v) is 33.1. The Bertz CT molecular complexity index is 2780. The van der Waals surface area contributed by atoms with Gasteiger partial charge in [-0.15, -0.1) is 21.9 Å². The highest BCUT2D eigenvalue weighted by Crippen LogP contribution is 2.31. The minimum absolute atomic E-state index is 0.0205. The Morgan fingerprint density at radius 3 is 1.00 bits per heavy atom. The third-order valence-corrected chi connectivity index (χ3v) is 10.6. The number of nitrogens with zero attached hydrogens (tertiary/aromatic N) is 1. The molecule has 6 aromatic carbocycles. The fourth-order valence-corrected chi connectivity index (χ4v) is 7.59. The van der Waals surface area contributed by atoms with E-state index in [9.17, 15) is 57.5 Å². The molecule has 0 amide bonds. The largest absolute Gasteiger partial charge is 0.287 e. The molecule has 0 saturated carbocycles. The molecule has 0 aliphatic heterocycles. The second kappa shape index (κ2) is 18.4. The molecule has 0 spiro atoms. The zero-order valence-electron chi connectivity index (χ0n) is 33.1. The van der Waals surface area contributed by atoms with Crippen LogP contribution in [-0.2, 0) is 6.54 Å². The second-order valence-electron chi connectivity index (χ2n) is 14.7. The van der Waals surface area contributed by atoms with Crippen LogP contribution in [0.4, 0.5) is 87.8 Å². The molecule has 0 unspecified atom stereocenters. The number of Topliss-reactive ketones (excluding diaryl/α,β-unsaturated/α-hetero) is 1. The van der Waals surface area contributed by atoms with E-state index in [1.54, 1.807) is 0 Å². The first-order valence-corrected chi connectivity index (χ1v) is 18.6. The van der Waals surface area contributed by atoms with Gasteiger partial charge < -0.3 is 0 Å². The number of ketones is 1. The lowest BCUT2D eigenvalue weighted by molar-refractivity contribution is -0.688. The van der Waals surface area contributed by atoms with Crippen molar-refractivity contribution in [3.8, 4) is 0 Å². The van der Waals surface area contributed by atoms with E-state index in [0.29, 0.717) is 6.54 Å². The summed E-state index contributed by atoms with van der Waals surface area (Å²) in [4.78, 5) is 12.7. The van der Waals surface area contributed by atoms with E-state index in [1.165, 1.54) is 5.56 Å². The number of hydrogen-bond acceptors (Lipinski definition) is 1. The molecule has 7 rings (SSSR count). The lowest BCUT2D eigenvalue weighted by atomic mass is 9.12. The van der Waals surface area contributed by atoms with Crippen LogP contribution in [0.15, 0.2) is 66.9 Å². The molecule has 0 N–H and O–H groups in total. The summed E-state index contributed by atoms with van der Waals surface area (Å²) in [6, 6.07) is 20.4. The molecule has 0 saturated heterocycles. The smallest absolute Gasteiger partial charge is 0.257 e. The number of aromatic nitrogens is 1. The molecule has 0 fully saturated rings. The Labute approximate surface area is 362 Å². The lowest BCUT2D eigenvalue weighted by Gasteiger charge is -2.44. The van der Waals surface area contributed by atoms with E-state index in [-0.39, 0.29) is 11.7 Å². The molecule has 1 heterocycles. The molecule has 7 aromatic rings. The summed E-state index contributed by atoms with van der Waals surface area (Å²) in [6.45, 7) is 4.62. The molecule has 1 aromatic heterocycles. The van der Waals surface area contributed by atoms with Crippen molar-refractivity contribution in [3.05, 3.63) is 194 Å². The van der Waals surface area contributed by atoms with Crippen molar-refractivity contribution in [2.75, 3.05) is 0 Å². The molecule has 0 aliphatic rings. The van der Waals surface area contributed by atoms with E-state index >= 15 is 35.1 Å². The number of hydrogen-bond donors (Lipinski definition) is 0. The number of fused-ring (bicyclic) bond motifs is 1. The van der Waals surface area contributed by atoms with Gasteiger partial charge in [-0.1, -0.05) is 62.4 Å². The van der Waals surface area contributed by atoms with Crippen molar-refractivity contribution in [1.29, 1.82) is 0 Å². The van der Waals surface area contributed by atoms with Crippen molar-refractivity contribution in [3.63, 3.8) is 0 Å². The number of carbonyl (C=O) groups is 1. The SMILES string of the molecule is CC(C)C(=O)c1c2ccccc2cc[n+]1Cc1ccccc1.Fc1c(F)c(F)c([B-](c2c(F)c(F)c(F)c(F)c2F)(c2c(F)c(F)c(F)c(F)c2F)c2c(F)c(F)c(F)c(F)c2F)c(F)c1F. The van der Waals surface area contributed by atoms with Gasteiger partial charge in [0.25, 0.3) is 5.69 Å². The molecule has 350 valence electrons. The molecule has 0 radical (unpaired) electrons. The summed E-state index contributed by atoms with van der Waals surface area (Å²) in [6.07, 6.45) is -5.20. The highest BCUT2D eigenvalue weighted by molar-refractivity contribution is 7.20. The summed E-state index contributed by atoms with van der Waals surface area (Å²) >= 11 is 0. The van der Waals surface area contributed by atoms with Gasteiger partial charge >= 0.3 is 0 Å². The Morgan fingerprint density at radius 2 is 0.687 bits per heavy atom. The minimum atomic E-state index is -7.22. The number of carbonyl (C=O) groups excluding carboxylic acids is 1. The van der Waals surface area contributed by atoms with E-state index in [4.69, 9.17) is 0 Å². The van der Waals surface area contributed by atoms with E-state index in [1.807, 2.05) is 56.4 Å². The fraction of sp³-hybridized carbons (Fsp3) is 0.0909. The van der Waals surface area contributed by atoms with Crippen LogP contribution in [0, 0.1) is 122 Å². The summed E-state index contributed by atoms with van der Waals surface area (Å²) in [5.41, 5.74) is -12.3. The van der Waals surface area contributed by atoms with Crippen LogP contribution in [-0.4, -0.2) is 11.9 Å². The van der Waals surface area contributed by atoms with Gasteiger partial charge in [0.15, 0.2) is 82.5 Å². The van der Waals surface area contributed by atoms with Crippen LogP contribution in [0.2, 0.25) is 0 Å². The number of pyridine rings is 1. The fourth-order valence-electron chi connectivity index (χ4n) is 7.59. The normalized spacial score (nSPS) is 11.7. The van der Waals surface area contributed by atoms with Crippen LogP contribution in [0.3, 0.4) is 0 Å². The van der Waals surface area contributed by atoms with Crippen molar-refractivity contribution >= 4 is 44.6 Å². The van der Waals surface area contributed by atoms with Gasteiger partial charge in [0, 0.05) is 17.5 Å². The van der Waals surface area contributed by atoms with Crippen LogP contribution in [0.5, 0.6) is 0 Å². The maximum absolute atomic E-state index is 15.4. The van der Waals surface area contributed by atoms with Crippen molar-refractivity contribution in [2.45, 2.75) is 20.4 Å². The number of benzene rings is 6. The third-order valence-electron chi connectivity index (χ3n) is 10.6. The maximum atomic E-state index is 15.4. The van der Waals surface area contributed by atoms with Gasteiger partial charge in [-0.25, -0.2) is 87.8 Å². The van der Waals surface area contributed by atoms with Crippen LogP contribution >= 0.6 is 0 Å². The van der Waals surface area contributed by atoms with Gasteiger partial charge in [0.05, 0.1) is 5.39 Å². The van der Waals surface area contributed by atoms with Gasteiger partial charge in [0.1, 0.15) is 52.7 Å². The van der Waals surface area contributed by atoms with Crippen LogP contribution in [0.25, 0.3) is 10.8 Å². The Kier molecular flexibility index (Phi) is 13.6. The molecule has 0 bridgehead atoms. The first-order chi connectivity index (χ1) is 31.4. The lowest BCUT2D eigenvalue weighted by Crippen LogP contribution is -2.81.